The minimum Gasteiger partial charge on any atom is -0.508 e. The number of ketones is 1. The fourth-order valence-corrected chi connectivity index (χ4v) is 4.62. The van der Waals surface area contributed by atoms with Crippen LogP contribution in [0.25, 0.3) is 5.76 Å². The van der Waals surface area contributed by atoms with Gasteiger partial charge in [0.05, 0.1) is 24.8 Å². The number of nitrogens with zero attached hydrogens (tertiary/aromatic N) is 1. The molecule has 0 bridgehead atoms. The van der Waals surface area contributed by atoms with Crippen molar-refractivity contribution in [3.8, 4) is 17.2 Å². The number of hydrogen-bond acceptors (Lipinski definition) is 6. The van der Waals surface area contributed by atoms with Gasteiger partial charge in [0.15, 0.2) is 0 Å². The number of benzene rings is 3. The second kappa shape index (κ2) is 11.2. The number of rotatable bonds is 8. The van der Waals surface area contributed by atoms with E-state index in [1.807, 2.05) is 58.9 Å². The first-order valence-electron chi connectivity index (χ1n) is 13.1. The molecule has 0 spiro atoms. The minimum absolute atomic E-state index is 0.0125. The molecule has 0 radical (unpaired) electrons. The van der Waals surface area contributed by atoms with Gasteiger partial charge in [0.25, 0.3) is 11.7 Å². The van der Waals surface area contributed by atoms with Crippen molar-refractivity contribution in [2.75, 3.05) is 6.61 Å². The predicted molar refractivity (Wildman–Crippen MR) is 150 cm³/mol. The summed E-state index contributed by atoms with van der Waals surface area (Å²) in [4.78, 5) is 28.4. The minimum atomic E-state index is -0.871. The normalized spacial score (nSPS) is 16.9. The largest absolute Gasteiger partial charge is 0.508 e. The summed E-state index contributed by atoms with van der Waals surface area (Å²) >= 11 is 0. The number of para-hydroxylation sites is 1. The lowest BCUT2D eigenvalue weighted by Gasteiger charge is -2.28. The van der Waals surface area contributed by atoms with Crippen LogP contribution in [0.15, 0.2) is 72.3 Å². The summed E-state index contributed by atoms with van der Waals surface area (Å²) in [5.74, 6) is -0.409. The highest BCUT2D eigenvalue weighted by Crippen LogP contribution is 2.42. The molecule has 1 heterocycles. The van der Waals surface area contributed by atoms with Gasteiger partial charge in [0.2, 0.25) is 0 Å². The van der Waals surface area contributed by atoms with E-state index in [2.05, 4.69) is 0 Å². The van der Waals surface area contributed by atoms with Crippen molar-refractivity contribution in [3.63, 3.8) is 0 Å². The van der Waals surface area contributed by atoms with Gasteiger partial charge >= 0.3 is 0 Å². The molecule has 39 heavy (non-hydrogen) atoms. The molecule has 0 saturated carbocycles. The number of hydrogen-bond donors (Lipinski definition) is 2. The number of amides is 1. The number of carbonyl (C=O) groups excluding carboxylic acids is 2. The first-order valence-corrected chi connectivity index (χ1v) is 13.1. The van der Waals surface area contributed by atoms with E-state index in [0.29, 0.717) is 29.2 Å². The molecule has 3 aromatic rings. The van der Waals surface area contributed by atoms with E-state index in [1.165, 1.54) is 17.0 Å². The Kier molecular flexibility index (Phi) is 8.00. The second-order valence-corrected chi connectivity index (χ2v) is 10.7. The molecule has 2 N–H and O–H groups in total. The predicted octanol–water partition coefficient (Wildman–Crippen LogP) is 6.29. The van der Waals surface area contributed by atoms with Gasteiger partial charge in [-0.25, -0.2) is 0 Å². The third-order valence-electron chi connectivity index (χ3n) is 6.39. The van der Waals surface area contributed by atoms with Crippen molar-refractivity contribution in [2.24, 2.45) is 0 Å². The number of carbonyl (C=O) groups is 2. The van der Waals surface area contributed by atoms with Gasteiger partial charge in [-0.2, -0.15) is 0 Å². The molecule has 1 aliphatic rings. The van der Waals surface area contributed by atoms with E-state index in [-0.39, 0.29) is 23.6 Å². The Hall–Kier alpha value is -4.26. The fourth-order valence-electron chi connectivity index (χ4n) is 4.62. The van der Waals surface area contributed by atoms with Crippen molar-refractivity contribution in [2.45, 2.75) is 59.2 Å². The number of phenols is 1. The number of ether oxygens (including phenoxy) is 2. The van der Waals surface area contributed by atoms with Crippen LogP contribution in [-0.2, 0) is 16.1 Å². The number of likely N-dealkylation sites (tertiary alicyclic amines) is 1. The Morgan fingerprint density at radius 2 is 1.67 bits per heavy atom. The molecule has 1 amide bonds. The van der Waals surface area contributed by atoms with Crippen LogP contribution in [0.5, 0.6) is 17.2 Å². The zero-order chi connectivity index (χ0) is 28.3. The zero-order valence-electron chi connectivity index (χ0n) is 23.0. The molecule has 1 fully saturated rings. The standard InChI is InChI=1S/C32H35NO6/c1-6-17-38-25-16-13-22(18-20(25)2)29(35)27-28(21-11-14-24(34)15-12-21)33(31(37)30(27)36)19-23-9-7-8-10-26(23)39-32(3,4)5/h7-16,18,28,34-35H,6,17,19H2,1-5H3/b29-27-. The average Bonchev–Trinajstić information content (AvgIpc) is 3.13. The van der Waals surface area contributed by atoms with Crippen LogP contribution >= 0.6 is 0 Å². The Balaban J connectivity index is 1.81. The van der Waals surface area contributed by atoms with E-state index < -0.39 is 23.3 Å². The molecule has 204 valence electrons. The van der Waals surface area contributed by atoms with Crippen molar-refractivity contribution in [1.82, 2.24) is 4.90 Å². The van der Waals surface area contributed by atoms with Gasteiger partial charge in [-0.05, 0) is 81.6 Å². The molecule has 4 rings (SSSR count). The van der Waals surface area contributed by atoms with E-state index in [0.717, 1.165) is 17.5 Å². The number of aliphatic hydroxyl groups excluding tert-OH is 1. The smallest absolute Gasteiger partial charge is 0.295 e. The van der Waals surface area contributed by atoms with Gasteiger partial charge < -0.3 is 24.6 Å². The lowest BCUT2D eigenvalue weighted by atomic mass is 9.94. The van der Waals surface area contributed by atoms with Crippen LogP contribution in [0, 0.1) is 6.92 Å². The van der Waals surface area contributed by atoms with Gasteiger partial charge in [-0.3, -0.25) is 9.59 Å². The number of aryl methyl sites for hydroxylation is 1. The Morgan fingerprint density at radius 3 is 2.31 bits per heavy atom. The lowest BCUT2D eigenvalue weighted by molar-refractivity contribution is -0.140. The zero-order valence-corrected chi connectivity index (χ0v) is 23.0. The number of phenolic OH excluding ortho intramolecular Hbond substituents is 1. The van der Waals surface area contributed by atoms with Gasteiger partial charge in [0.1, 0.15) is 28.6 Å². The first-order chi connectivity index (χ1) is 18.5. The molecule has 1 unspecified atom stereocenters. The number of aromatic hydroxyl groups is 1. The van der Waals surface area contributed by atoms with Crippen molar-refractivity contribution in [1.29, 1.82) is 0 Å². The number of Topliss-reactive ketones (excluding diaryl/α,β-unsaturated/α-hetero) is 1. The van der Waals surface area contributed by atoms with Crippen LogP contribution in [-0.4, -0.2) is 39.0 Å². The highest BCUT2D eigenvalue weighted by molar-refractivity contribution is 6.46. The maximum atomic E-state index is 13.5. The highest BCUT2D eigenvalue weighted by atomic mass is 16.5. The van der Waals surface area contributed by atoms with Crippen LogP contribution in [0.3, 0.4) is 0 Å². The van der Waals surface area contributed by atoms with Crippen LogP contribution in [0.1, 0.15) is 62.4 Å². The van der Waals surface area contributed by atoms with Gasteiger partial charge in [-0.15, -0.1) is 0 Å². The SMILES string of the molecule is CCCOc1ccc(/C(O)=C2/C(=O)C(=O)N(Cc3ccccc3OC(C)(C)C)C2c2ccc(O)cc2)cc1C. The molecule has 0 aliphatic carbocycles. The molecular weight excluding hydrogens is 494 g/mol. The van der Waals surface area contributed by atoms with Crippen molar-refractivity contribution < 1.29 is 29.3 Å². The Labute approximate surface area is 229 Å². The molecule has 7 nitrogen and oxygen atoms in total. The third kappa shape index (κ3) is 6.08. The van der Waals surface area contributed by atoms with E-state index in [4.69, 9.17) is 9.47 Å². The summed E-state index contributed by atoms with van der Waals surface area (Å²) in [5.41, 5.74) is 2.05. The highest BCUT2D eigenvalue weighted by Gasteiger charge is 2.46. The van der Waals surface area contributed by atoms with Crippen LogP contribution in [0.2, 0.25) is 0 Å². The third-order valence-corrected chi connectivity index (χ3v) is 6.39. The summed E-state index contributed by atoms with van der Waals surface area (Å²) in [6.45, 7) is 10.4. The monoisotopic (exact) mass is 529 g/mol. The van der Waals surface area contributed by atoms with Crippen LogP contribution < -0.4 is 9.47 Å². The quantitative estimate of drug-likeness (QED) is 0.202. The summed E-state index contributed by atoms with van der Waals surface area (Å²) in [7, 11) is 0. The van der Waals surface area contributed by atoms with Crippen LogP contribution in [0.4, 0.5) is 0 Å². The first kappa shape index (κ1) is 27.8. The molecule has 1 aliphatic heterocycles. The fraction of sp³-hybridized carbons (Fsp3) is 0.312. The maximum Gasteiger partial charge on any atom is 0.295 e. The maximum absolute atomic E-state index is 13.5. The Bertz CT molecular complexity index is 1400. The van der Waals surface area contributed by atoms with E-state index in [9.17, 15) is 19.8 Å². The summed E-state index contributed by atoms with van der Waals surface area (Å²) in [6, 6.07) is 18.0. The van der Waals surface area contributed by atoms with E-state index >= 15 is 0 Å². The molecule has 1 atom stereocenters. The van der Waals surface area contributed by atoms with Gasteiger partial charge in [-0.1, -0.05) is 37.3 Å². The number of aliphatic hydroxyl groups is 1. The topological polar surface area (TPSA) is 96.3 Å². The van der Waals surface area contributed by atoms with E-state index in [1.54, 1.807) is 30.3 Å². The molecule has 1 saturated heterocycles. The summed E-state index contributed by atoms with van der Waals surface area (Å²) in [6.07, 6.45) is 0.862. The summed E-state index contributed by atoms with van der Waals surface area (Å²) in [5, 5.41) is 21.3. The molecule has 3 aromatic carbocycles. The Morgan fingerprint density at radius 1 is 0.974 bits per heavy atom. The second-order valence-electron chi connectivity index (χ2n) is 10.7. The van der Waals surface area contributed by atoms with Gasteiger partial charge in [0, 0.05) is 11.1 Å². The lowest BCUT2D eigenvalue weighted by Crippen LogP contribution is -2.30. The van der Waals surface area contributed by atoms with Crippen molar-refractivity contribution in [3.05, 3.63) is 94.6 Å². The summed E-state index contributed by atoms with van der Waals surface area (Å²) < 4.78 is 11.9. The van der Waals surface area contributed by atoms with Crippen molar-refractivity contribution >= 4 is 17.4 Å². The average molecular weight is 530 g/mol. The molecule has 7 heteroatoms. The molecule has 0 aromatic heterocycles. The molecular formula is C32H35NO6.